The Labute approximate surface area is 118 Å². The van der Waals surface area contributed by atoms with E-state index in [1.807, 2.05) is 23.3 Å². The maximum absolute atomic E-state index is 12.6. The highest BCUT2D eigenvalue weighted by Crippen LogP contribution is 2.31. The van der Waals surface area contributed by atoms with Gasteiger partial charge in [-0.1, -0.05) is 6.42 Å². The lowest BCUT2D eigenvalue weighted by Crippen LogP contribution is -2.43. The second-order valence-electron chi connectivity index (χ2n) is 4.94. The van der Waals surface area contributed by atoms with Crippen molar-refractivity contribution < 1.29 is 9.53 Å². The second kappa shape index (κ2) is 6.39. The maximum atomic E-state index is 12.6. The number of nitrogens with two attached hydrogens (primary N) is 1. The van der Waals surface area contributed by atoms with Crippen LogP contribution in [-0.2, 0) is 0 Å². The largest absolute Gasteiger partial charge is 0.496 e. The molecule has 2 N–H and O–H groups in total. The van der Waals surface area contributed by atoms with Gasteiger partial charge in [-0.3, -0.25) is 4.79 Å². The molecule has 2 unspecified atom stereocenters. The number of hydrogen-bond acceptors (Lipinski definition) is 4. The van der Waals surface area contributed by atoms with Crippen LogP contribution >= 0.6 is 11.3 Å². The Morgan fingerprint density at radius 2 is 2.37 bits per heavy atom. The van der Waals surface area contributed by atoms with Gasteiger partial charge in [-0.25, -0.2) is 0 Å². The van der Waals surface area contributed by atoms with Crippen molar-refractivity contribution >= 4 is 17.2 Å². The Morgan fingerprint density at radius 3 is 2.95 bits per heavy atom. The zero-order valence-corrected chi connectivity index (χ0v) is 12.4. The van der Waals surface area contributed by atoms with E-state index < -0.39 is 0 Å². The summed E-state index contributed by atoms with van der Waals surface area (Å²) in [5, 5.41) is 1.87. The Morgan fingerprint density at radius 1 is 1.58 bits per heavy atom. The molecule has 106 valence electrons. The normalized spacial score (nSPS) is 22.5. The lowest BCUT2D eigenvalue weighted by atomic mass is 10.0. The zero-order chi connectivity index (χ0) is 13.8. The fourth-order valence-corrected chi connectivity index (χ4v) is 3.72. The molecule has 1 fully saturated rings. The van der Waals surface area contributed by atoms with Crippen LogP contribution in [0.2, 0.25) is 0 Å². The molecule has 0 aromatic carbocycles. The molecule has 1 heterocycles. The number of carbonyl (C=O) groups excluding carboxylic acids is 1. The van der Waals surface area contributed by atoms with E-state index in [1.165, 1.54) is 17.8 Å². The number of hydrogen-bond donors (Lipinski definition) is 1. The van der Waals surface area contributed by atoms with Crippen LogP contribution in [0, 0.1) is 5.92 Å². The van der Waals surface area contributed by atoms with Gasteiger partial charge in [-0.15, -0.1) is 11.3 Å². The Hall–Kier alpha value is -1.07. The molecule has 1 saturated carbocycles. The average molecular weight is 282 g/mol. The summed E-state index contributed by atoms with van der Waals surface area (Å²) in [6.07, 6.45) is 3.38. The summed E-state index contributed by atoms with van der Waals surface area (Å²) in [5.74, 6) is 1.32. The molecule has 0 saturated heterocycles. The van der Waals surface area contributed by atoms with Gasteiger partial charge in [0.2, 0.25) is 0 Å². The fourth-order valence-electron chi connectivity index (χ4n) is 2.91. The quantitative estimate of drug-likeness (QED) is 0.902. The maximum Gasteiger partial charge on any atom is 0.264 e. The molecule has 1 amide bonds. The number of carbonyl (C=O) groups is 1. The van der Waals surface area contributed by atoms with E-state index in [2.05, 4.69) is 0 Å². The molecule has 0 bridgehead atoms. The third-order valence-corrected chi connectivity index (χ3v) is 4.84. The first-order valence-electron chi connectivity index (χ1n) is 6.84. The number of thiophene rings is 1. The van der Waals surface area contributed by atoms with Crippen molar-refractivity contribution in [2.45, 2.75) is 32.2 Å². The van der Waals surface area contributed by atoms with Gasteiger partial charge in [0.05, 0.1) is 12.0 Å². The van der Waals surface area contributed by atoms with Crippen molar-refractivity contribution in [1.29, 1.82) is 0 Å². The standard InChI is InChI=1S/C14H22N2O2S/c1-3-16(12-6-4-5-10(12)8-15)14(17)13-7-11(18-2)9-19-13/h7,9-10,12H,3-6,8,15H2,1-2H3. The van der Waals surface area contributed by atoms with Crippen molar-refractivity contribution in [3.8, 4) is 5.75 Å². The molecule has 1 aromatic rings. The molecule has 1 aromatic heterocycles. The van der Waals surface area contributed by atoms with Crippen LogP contribution in [0.4, 0.5) is 0 Å². The molecular weight excluding hydrogens is 260 g/mol. The first-order valence-corrected chi connectivity index (χ1v) is 7.72. The monoisotopic (exact) mass is 282 g/mol. The molecule has 1 aliphatic carbocycles. The van der Waals surface area contributed by atoms with Crippen molar-refractivity contribution in [2.75, 3.05) is 20.2 Å². The summed E-state index contributed by atoms with van der Waals surface area (Å²) in [6, 6.07) is 2.12. The van der Waals surface area contributed by atoms with Crippen LogP contribution in [0.3, 0.4) is 0 Å². The molecule has 0 aliphatic heterocycles. The van der Waals surface area contributed by atoms with Crippen LogP contribution in [-0.4, -0.2) is 37.0 Å². The zero-order valence-electron chi connectivity index (χ0n) is 11.6. The molecule has 5 heteroatoms. The first-order chi connectivity index (χ1) is 9.21. The van der Waals surface area contributed by atoms with Gasteiger partial charge in [0.25, 0.3) is 5.91 Å². The summed E-state index contributed by atoms with van der Waals surface area (Å²) in [4.78, 5) is 15.3. The summed E-state index contributed by atoms with van der Waals surface area (Å²) >= 11 is 1.45. The third-order valence-electron chi connectivity index (χ3n) is 3.95. The molecule has 4 nitrogen and oxygen atoms in total. The van der Waals surface area contributed by atoms with Crippen LogP contribution < -0.4 is 10.5 Å². The molecule has 2 atom stereocenters. The lowest BCUT2D eigenvalue weighted by Gasteiger charge is -2.31. The molecule has 1 aliphatic rings. The van der Waals surface area contributed by atoms with E-state index in [0.717, 1.165) is 30.0 Å². The highest BCUT2D eigenvalue weighted by Gasteiger charge is 2.33. The van der Waals surface area contributed by atoms with E-state index in [9.17, 15) is 4.79 Å². The Balaban J connectivity index is 2.14. The minimum Gasteiger partial charge on any atom is -0.496 e. The van der Waals surface area contributed by atoms with Crippen molar-refractivity contribution in [1.82, 2.24) is 4.90 Å². The van der Waals surface area contributed by atoms with Gasteiger partial charge in [0.15, 0.2) is 0 Å². The summed E-state index contributed by atoms with van der Waals surface area (Å²) in [7, 11) is 1.62. The van der Waals surface area contributed by atoms with Gasteiger partial charge in [-0.2, -0.15) is 0 Å². The van der Waals surface area contributed by atoms with Gasteiger partial charge in [0.1, 0.15) is 5.75 Å². The molecule has 0 radical (unpaired) electrons. The lowest BCUT2D eigenvalue weighted by molar-refractivity contribution is 0.0657. The predicted octanol–water partition coefficient (Wildman–Crippen LogP) is 2.35. The van der Waals surface area contributed by atoms with Crippen molar-refractivity contribution in [2.24, 2.45) is 11.7 Å². The van der Waals surface area contributed by atoms with E-state index in [0.29, 0.717) is 18.5 Å². The van der Waals surface area contributed by atoms with Crippen LogP contribution in [0.5, 0.6) is 5.75 Å². The first kappa shape index (κ1) is 14.3. The van der Waals surface area contributed by atoms with Crippen LogP contribution in [0.25, 0.3) is 0 Å². The molecule has 2 rings (SSSR count). The number of nitrogens with zero attached hydrogens (tertiary/aromatic N) is 1. The Bertz CT molecular complexity index is 433. The minimum absolute atomic E-state index is 0.112. The SMILES string of the molecule is CCN(C(=O)c1cc(OC)cs1)C1CCCC1CN. The molecule has 0 spiro atoms. The third kappa shape index (κ3) is 2.92. The highest BCUT2D eigenvalue weighted by atomic mass is 32.1. The Kier molecular flexibility index (Phi) is 4.82. The summed E-state index contributed by atoms with van der Waals surface area (Å²) < 4.78 is 5.15. The van der Waals surface area contributed by atoms with Crippen LogP contribution in [0.15, 0.2) is 11.4 Å². The van der Waals surface area contributed by atoms with Gasteiger partial charge < -0.3 is 15.4 Å². The van der Waals surface area contributed by atoms with Gasteiger partial charge in [-0.05, 0) is 32.2 Å². The molecule has 19 heavy (non-hydrogen) atoms. The smallest absolute Gasteiger partial charge is 0.264 e. The summed E-state index contributed by atoms with van der Waals surface area (Å²) in [6.45, 7) is 3.44. The van der Waals surface area contributed by atoms with E-state index in [1.54, 1.807) is 7.11 Å². The van der Waals surface area contributed by atoms with E-state index in [4.69, 9.17) is 10.5 Å². The number of ether oxygens (including phenoxy) is 1. The minimum atomic E-state index is 0.112. The topological polar surface area (TPSA) is 55.6 Å². The second-order valence-corrected chi connectivity index (χ2v) is 5.85. The average Bonchev–Trinajstić information content (AvgIpc) is 3.08. The van der Waals surface area contributed by atoms with Gasteiger partial charge in [0, 0.05) is 24.0 Å². The predicted molar refractivity (Wildman–Crippen MR) is 77.8 cm³/mol. The van der Waals surface area contributed by atoms with Gasteiger partial charge >= 0.3 is 0 Å². The fraction of sp³-hybridized carbons (Fsp3) is 0.643. The number of methoxy groups -OCH3 is 1. The van der Waals surface area contributed by atoms with E-state index >= 15 is 0 Å². The summed E-state index contributed by atoms with van der Waals surface area (Å²) in [5.41, 5.74) is 5.83. The van der Waals surface area contributed by atoms with Crippen molar-refractivity contribution in [3.05, 3.63) is 16.3 Å². The molecular formula is C14H22N2O2S. The number of amides is 1. The van der Waals surface area contributed by atoms with Crippen molar-refractivity contribution in [3.63, 3.8) is 0 Å². The highest BCUT2D eigenvalue weighted by molar-refractivity contribution is 7.12. The van der Waals surface area contributed by atoms with Crippen LogP contribution in [0.1, 0.15) is 35.9 Å². The van der Waals surface area contributed by atoms with E-state index in [-0.39, 0.29) is 5.91 Å². The number of rotatable bonds is 5.